The minimum atomic E-state index is -0.264. The van der Waals surface area contributed by atoms with Gasteiger partial charge in [-0.15, -0.1) is 0 Å². The third kappa shape index (κ3) is 3.34. The van der Waals surface area contributed by atoms with Gasteiger partial charge in [-0.1, -0.05) is 38.9 Å². The summed E-state index contributed by atoms with van der Waals surface area (Å²) in [7, 11) is 0. The fraction of sp³-hybridized carbons (Fsp3) is 0.474. The van der Waals surface area contributed by atoms with Crippen molar-refractivity contribution in [2.45, 2.75) is 46.0 Å². The zero-order valence-corrected chi connectivity index (χ0v) is 15.3. The summed E-state index contributed by atoms with van der Waals surface area (Å²) in [6, 6.07) is 5.88. The SMILES string of the molecule is Cc1noc(C(C)C)c1C(=O)NCC(C)(C)c1ccc2c(c1)OCO2. The lowest BCUT2D eigenvalue weighted by atomic mass is 9.84. The van der Waals surface area contributed by atoms with Crippen LogP contribution in [0.4, 0.5) is 0 Å². The summed E-state index contributed by atoms with van der Waals surface area (Å²) >= 11 is 0. The number of nitrogens with zero attached hydrogens (tertiary/aromatic N) is 1. The largest absolute Gasteiger partial charge is 0.454 e. The first-order valence-corrected chi connectivity index (χ1v) is 8.44. The van der Waals surface area contributed by atoms with Gasteiger partial charge in [0.05, 0.1) is 5.69 Å². The van der Waals surface area contributed by atoms with E-state index >= 15 is 0 Å². The maximum Gasteiger partial charge on any atom is 0.256 e. The molecule has 1 aliphatic heterocycles. The molecule has 2 aromatic rings. The van der Waals surface area contributed by atoms with Crippen LogP contribution in [0.25, 0.3) is 0 Å². The number of hydrogen-bond acceptors (Lipinski definition) is 5. The number of aromatic nitrogens is 1. The van der Waals surface area contributed by atoms with Crippen molar-refractivity contribution in [3.05, 3.63) is 40.8 Å². The topological polar surface area (TPSA) is 73.6 Å². The van der Waals surface area contributed by atoms with E-state index in [-0.39, 0.29) is 24.0 Å². The van der Waals surface area contributed by atoms with Gasteiger partial charge in [-0.05, 0) is 24.6 Å². The minimum Gasteiger partial charge on any atom is -0.454 e. The molecule has 0 spiro atoms. The van der Waals surface area contributed by atoms with Gasteiger partial charge in [-0.3, -0.25) is 4.79 Å². The number of benzene rings is 1. The molecule has 134 valence electrons. The van der Waals surface area contributed by atoms with Crippen LogP contribution in [-0.2, 0) is 5.41 Å². The summed E-state index contributed by atoms with van der Waals surface area (Å²) in [5.74, 6) is 2.06. The average Bonchev–Trinajstić information content (AvgIpc) is 3.18. The normalized spacial score (nSPS) is 13.4. The van der Waals surface area contributed by atoms with Crippen LogP contribution in [0.2, 0.25) is 0 Å². The van der Waals surface area contributed by atoms with Crippen LogP contribution in [0.3, 0.4) is 0 Å². The Balaban J connectivity index is 1.74. The Bertz CT molecular complexity index is 793. The summed E-state index contributed by atoms with van der Waals surface area (Å²) < 4.78 is 16.1. The Morgan fingerprint density at radius 3 is 2.72 bits per heavy atom. The van der Waals surface area contributed by atoms with Gasteiger partial charge < -0.3 is 19.3 Å². The molecule has 3 rings (SSSR count). The maximum atomic E-state index is 12.7. The molecular formula is C19H24N2O4. The van der Waals surface area contributed by atoms with Gasteiger partial charge in [0, 0.05) is 17.9 Å². The molecule has 2 heterocycles. The lowest BCUT2D eigenvalue weighted by Gasteiger charge is -2.26. The first-order chi connectivity index (χ1) is 11.8. The zero-order chi connectivity index (χ0) is 18.2. The number of fused-ring (bicyclic) bond motifs is 1. The van der Waals surface area contributed by atoms with E-state index in [9.17, 15) is 4.79 Å². The second kappa shape index (κ2) is 6.43. The molecule has 0 saturated heterocycles. The number of aryl methyl sites for hydroxylation is 1. The van der Waals surface area contributed by atoms with Crippen LogP contribution in [0, 0.1) is 6.92 Å². The second-order valence-corrected chi connectivity index (χ2v) is 7.30. The van der Waals surface area contributed by atoms with Crippen molar-refractivity contribution < 1.29 is 18.8 Å². The summed E-state index contributed by atoms with van der Waals surface area (Å²) in [4.78, 5) is 12.7. The first kappa shape index (κ1) is 17.3. The zero-order valence-electron chi connectivity index (χ0n) is 15.3. The number of ether oxygens (including phenoxy) is 2. The van der Waals surface area contributed by atoms with Crippen LogP contribution in [0.5, 0.6) is 11.5 Å². The monoisotopic (exact) mass is 344 g/mol. The Labute approximate surface area is 147 Å². The molecule has 6 nitrogen and oxygen atoms in total. The molecule has 1 aromatic heterocycles. The van der Waals surface area contributed by atoms with E-state index in [4.69, 9.17) is 14.0 Å². The fourth-order valence-electron chi connectivity index (χ4n) is 2.87. The molecule has 0 unspecified atom stereocenters. The van der Waals surface area contributed by atoms with Crippen LogP contribution in [0.1, 0.15) is 61.0 Å². The second-order valence-electron chi connectivity index (χ2n) is 7.30. The average molecular weight is 344 g/mol. The van der Waals surface area contributed by atoms with E-state index in [1.807, 2.05) is 32.0 Å². The van der Waals surface area contributed by atoms with E-state index in [0.29, 0.717) is 23.6 Å². The summed E-state index contributed by atoms with van der Waals surface area (Å²) in [6.45, 7) is 10.6. The van der Waals surface area contributed by atoms with E-state index in [0.717, 1.165) is 17.1 Å². The number of carbonyl (C=O) groups is 1. The van der Waals surface area contributed by atoms with Gasteiger partial charge in [-0.25, -0.2) is 0 Å². The molecular weight excluding hydrogens is 320 g/mol. The van der Waals surface area contributed by atoms with E-state index in [1.54, 1.807) is 6.92 Å². The van der Waals surface area contributed by atoms with Gasteiger partial charge >= 0.3 is 0 Å². The Morgan fingerprint density at radius 1 is 1.28 bits per heavy atom. The van der Waals surface area contributed by atoms with Gasteiger partial charge in [0.2, 0.25) is 6.79 Å². The number of hydrogen-bond donors (Lipinski definition) is 1. The van der Waals surface area contributed by atoms with Gasteiger partial charge in [0.15, 0.2) is 17.3 Å². The maximum absolute atomic E-state index is 12.7. The summed E-state index contributed by atoms with van der Waals surface area (Å²) in [5, 5.41) is 6.95. The minimum absolute atomic E-state index is 0.101. The van der Waals surface area contributed by atoms with Crippen molar-refractivity contribution in [2.24, 2.45) is 0 Å². The lowest BCUT2D eigenvalue weighted by Crippen LogP contribution is -2.37. The predicted octanol–water partition coefficient (Wildman–Crippen LogP) is 3.54. The quantitative estimate of drug-likeness (QED) is 0.898. The standard InChI is InChI=1S/C19H24N2O4/c1-11(2)17-16(12(3)21-25-17)18(22)20-9-19(4,5)13-6-7-14-15(8-13)24-10-23-14/h6-8,11H,9-10H2,1-5H3,(H,20,22). The van der Waals surface area contributed by atoms with Gasteiger partial charge in [0.25, 0.3) is 5.91 Å². The van der Waals surface area contributed by atoms with Crippen molar-refractivity contribution in [3.8, 4) is 11.5 Å². The van der Waals surface area contributed by atoms with E-state index < -0.39 is 0 Å². The molecule has 0 saturated carbocycles. The van der Waals surface area contributed by atoms with E-state index in [1.165, 1.54) is 0 Å². The number of nitrogens with one attached hydrogen (secondary N) is 1. The van der Waals surface area contributed by atoms with Gasteiger partial charge in [0.1, 0.15) is 5.56 Å². The number of carbonyl (C=O) groups excluding carboxylic acids is 1. The molecule has 25 heavy (non-hydrogen) atoms. The van der Waals surface area contributed by atoms with Crippen molar-refractivity contribution >= 4 is 5.91 Å². The van der Waals surface area contributed by atoms with Crippen molar-refractivity contribution in [1.82, 2.24) is 10.5 Å². The Kier molecular flexibility index (Phi) is 4.45. The highest BCUT2D eigenvalue weighted by Gasteiger charge is 2.27. The molecule has 0 fully saturated rings. The number of rotatable bonds is 5. The van der Waals surface area contributed by atoms with Crippen LogP contribution in [-0.4, -0.2) is 24.4 Å². The molecule has 0 bridgehead atoms. The van der Waals surface area contributed by atoms with Crippen molar-refractivity contribution in [1.29, 1.82) is 0 Å². The Hall–Kier alpha value is -2.50. The molecule has 0 atom stereocenters. The highest BCUT2D eigenvalue weighted by molar-refractivity contribution is 5.96. The van der Waals surface area contributed by atoms with E-state index in [2.05, 4.69) is 24.3 Å². The van der Waals surface area contributed by atoms with Crippen molar-refractivity contribution in [3.63, 3.8) is 0 Å². The summed E-state index contributed by atoms with van der Waals surface area (Å²) in [6.07, 6.45) is 0. The first-order valence-electron chi connectivity index (χ1n) is 8.44. The summed E-state index contributed by atoms with van der Waals surface area (Å²) in [5.41, 5.74) is 1.96. The molecule has 0 radical (unpaired) electrons. The third-order valence-electron chi connectivity index (χ3n) is 4.49. The predicted molar refractivity (Wildman–Crippen MR) is 93.3 cm³/mol. The molecule has 0 aliphatic carbocycles. The lowest BCUT2D eigenvalue weighted by molar-refractivity contribution is 0.0942. The van der Waals surface area contributed by atoms with Crippen LogP contribution < -0.4 is 14.8 Å². The number of amides is 1. The fourth-order valence-corrected chi connectivity index (χ4v) is 2.87. The Morgan fingerprint density at radius 2 is 2.00 bits per heavy atom. The molecule has 1 N–H and O–H groups in total. The van der Waals surface area contributed by atoms with Gasteiger partial charge in [-0.2, -0.15) is 0 Å². The molecule has 6 heteroatoms. The molecule has 1 aromatic carbocycles. The highest BCUT2D eigenvalue weighted by atomic mass is 16.7. The smallest absolute Gasteiger partial charge is 0.256 e. The molecule has 1 amide bonds. The van der Waals surface area contributed by atoms with Crippen molar-refractivity contribution in [2.75, 3.05) is 13.3 Å². The van der Waals surface area contributed by atoms with Crippen LogP contribution >= 0.6 is 0 Å². The third-order valence-corrected chi connectivity index (χ3v) is 4.49. The molecule has 1 aliphatic rings. The van der Waals surface area contributed by atoms with Crippen LogP contribution in [0.15, 0.2) is 22.7 Å². The highest BCUT2D eigenvalue weighted by Crippen LogP contribution is 2.36.